The molecule has 5 heteroatoms. The zero-order valence-electron chi connectivity index (χ0n) is 15.1. The van der Waals surface area contributed by atoms with E-state index in [0.29, 0.717) is 0 Å². The molecular weight excluding hydrogens is 330 g/mol. The Bertz CT molecular complexity index is 598. The highest BCUT2D eigenvalue weighted by Crippen LogP contribution is 2.22. The van der Waals surface area contributed by atoms with Crippen molar-refractivity contribution >= 4 is 16.5 Å². The standard InChI is InChI=1S/C20H29N3OS/c1-3-5-6-10-18(9-4-2)21-12-8-7-11-19-17-25-20(22-19)23-13-15-24-16-14-23/h3-6,9-10,17,21H,2,7-8,11-16H2,1H3/b5-3-,10-6-,18-9+. The summed E-state index contributed by atoms with van der Waals surface area (Å²) in [7, 11) is 0. The van der Waals surface area contributed by atoms with Crippen molar-refractivity contribution in [1.29, 1.82) is 0 Å². The number of unbranched alkanes of at least 4 members (excludes halogenated alkanes) is 1. The van der Waals surface area contributed by atoms with Crippen LogP contribution in [0.4, 0.5) is 5.13 Å². The number of anilines is 1. The van der Waals surface area contributed by atoms with Crippen molar-refractivity contribution in [2.75, 3.05) is 37.7 Å². The summed E-state index contributed by atoms with van der Waals surface area (Å²) >= 11 is 1.75. The van der Waals surface area contributed by atoms with Gasteiger partial charge in [0, 0.05) is 30.7 Å². The molecule has 0 amide bonds. The maximum absolute atomic E-state index is 5.40. The third-order valence-electron chi connectivity index (χ3n) is 3.89. The van der Waals surface area contributed by atoms with Gasteiger partial charge in [-0.25, -0.2) is 4.98 Å². The number of aryl methyl sites for hydroxylation is 1. The Kier molecular flexibility index (Phi) is 9.08. The highest BCUT2D eigenvalue weighted by Gasteiger charge is 2.14. The Labute approximate surface area is 155 Å². The fourth-order valence-electron chi connectivity index (χ4n) is 2.55. The molecule has 0 unspecified atom stereocenters. The summed E-state index contributed by atoms with van der Waals surface area (Å²) in [5.41, 5.74) is 2.30. The van der Waals surface area contributed by atoms with E-state index in [1.54, 1.807) is 11.3 Å². The lowest BCUT2D eigenvalue weighted by Crippen LogP contribution is -2.36. The Hall–Kier alpha value is -1.85. The molecule has 0 aromatic carbocycles. The first-order valence-electron chi connectivity index (χ1n) is 8.96. The van der Waals surface area contributed by atoms with Gasteiger partial charge in [-0.2, -0.15) is 0 Å². The predicted molar refractivity (Wildman–Crippen MR) is 108 cm³/mol. The van der Waals surface area contributed by atoms with Crippen molar-refractivity contribution in [2.45, 2.75) is 26.2 Å². The number of nitrogens with one attached hydrogen (secondary N) is 1. The number of nitrogens with zero attached hydrogens (tertiary/aromatic N) is 2. The summed E-state index contributed by atoms with van der Waals surface area (Å²) < 4.78 is 5.40. The predicted octanol–water partition coefficient (Wildman–Crippen LogP) is 4.09. The summed E-state index contributed by atoms with van der Waals surface area (Å²) in [6, 6.07) is 0. The monoisotopic (exact) mass is 359 g/mol. The summed E-state index contributed by atoms with van der Waals surface area (Å²) in [5.74, 6) is 0. The van der Waals surface area contributed by atoms with Gasteiger partial charge in [0.1, 0.15) is 0 Å². The number of morpholine rings is 1. The van der Waals surface area contributed by atoms with E-state index in [1.165, 1.54) is 5.69 Å². The van der Waals surface area contributed by atoms with Crippen LogP contribution in [0.2, 0.25) is 0 Å². The molecule has 1 aliphatic rings. The number of ether oxygens (including phenoxy) is 1. The summed E-state index contributed by atoms with van der Waals surface area (Å²) in [4.78, 5) is 7.09. The minimum absolute atomic E-state index is 0.809. The normalized spacial score (nSPS) is 16.0. The number of rotatable bonds is 10. The van der Waals surface area contributed by atoms with Crippen molar-refractivity contribution in [2.24, 2.45) is 0 Å². The average Bonchev–Trinajstić information content (AvgIpc) is 3.11. The van der Waals surface area contributed by atoms with Gasteiger partial charge >= 0.3 is 0 Å². The molecule has 4 nitrogen and oxygen atoms in total. The third-order valence-corrected chi connectivity index (χ3v) is 4.84. The molecule has 0 radical (unpaired) electrons. The highest BCUT2D eigenvalue weighted by atomic mass is 32.1. The second-order valence-electron chi connectivity index (χ2n) is 5.85. The lowest BCUT2D eigenvalue weighted by molar-refractivity contribution is 0.122. The van der Waals surface area contributed by atoms with Crippen LogP contribution >= 0.6 is 11.3 Å². The number of allylic oxidation sites excluding steroid dienone is 6. The zero-order valence-corrected chi connectivity index (χ0v) is 15.9. The maximum atomic E-state index is 5.40. The quantitative estimate of drug-likeness (QED) is 0.504. The van der Waals surface area contributed by atoms with Gasteiger partial charge in [0.05, 0.1) is 18.9 Å². The molecule has 2 rings (SSSR count). The van der Waals surface area contributed by atoms with E-state index in [-0.39, 0.29) is 0 Å². The molecular formula is C20H29N3OS. The Morgan fingerprint density at radius 1 is 1.36 bits per heavy atom. The molecule has 1 saturated heterocycles. The van der Waals surface area contributed by atoms with Crippen LogP contribution in [0.15, 0.2) is 54.1 Å². The Morgan fingerprint density at radius 2 is 2.20 bits per heavy atom. The van der Waals surface area contributed by atoms with E-state index < -0.39 is 0 Å². The topological polar surface area (TPSA) is 37.4 Å². The second kappa shape index (κ2) is 11.7. The summed E-state index contributed by atoms with van der Waals surface area (Å²) in [6.45, 7) is 10.3. The fourth-order valence-corrected chi connectivity index (χ4v) is 3.46. The van der Waals surface area contributed by atoms with Gasteiger partial charge in [-0.1, -0.05) is 30.9 Å². The second-order valence-corrected chi connectivity index (χ2v) is 6.68. The van der Waals surface area contributed by atoms with E-state index in [0.717, 1.165) is 62.9 Å². The highest BCUT2D eigenvalue weighted by molar-refractivity contribution is 7.13. The van der Waals surface area contributed by atoms with Crippen LogP contribution in [-0.2, 0) is 11.2 Å². The minimum Gasteiger partial charge on any atom is -0.385 e. The molecule has 0 atom stereocenters. The van der Waals surface area contributed by atoms with E-state index in [9.17, 15) is 0 Å². The first kappa shape index (κ1) is 19.5. The molecule has 1 aromatic rings. The third kappa shape index (κ3) is 7.28. The molecule has 0 bridgehead atoms. The Balaban J connectivity index is 1.67. The molecule has 0 spiro atoms. The van der Waals surface area contributed by atoms with Crippen molar-refractivity contribution in [1.82, 2.24) is 10.3 Å². The van der Waals surface area contributed by atoms with Crippen LogP contribution < -0.4 is 10.2 Å². The molecule has 0 saturated carbocycles. The number of hydrogen-bond donors (Lipinski definition) is 1. The van der Waals surface area contributed by atoms with Crippen molar-refractivity contribution in [3.63, 3.8) is 0 Å². The average molecular weight is 360 g/mol. The van der Waals surface area contributed by atoms with E-state index >= 15 is 0 Å². The smallest absolute Gasteiger partial charge is 0.185 e. The summed E-state index contributed by atoms with van der Waals surface area (Å²) in [6.07, 6.45) is 15.2. The van der Waals surface area contributed by atoms with E-state index in [2.05, 4.69) is 28.3 Å². The first-order valence-corrected chi connectivity index (χ1v) is 9.84. The molecule has 1 aliphatic heterocycles. The number of aromatic nitrogens is 1. The van der Waals surface area contributed by atoms with Crippen molar-refractivity contribution < 1.29 is 4.74 Å². The fraction of sp³-hybridized carbons (Fsp3) is 0.450. The van der Waals surface area contributed by atoms with E-state index in [4.69, 9.17) is 9.72 Å². The van der Waals surface area contributed by atoms with E-state index in [1.807, 2.05) is 37.3 Å². The van der Waals surface area contributed by atoms with Crippen molar-refractivity contribution in [3.8, 4) is 0 Å². The van der Waals surface area contributed by atoms with Gasteiger partial charge in [0.2, 0.25) is 0 Å². The lowest BCUT2D eigenvalue weighted by atomic mass is 10.2. The minimum atomic E-state index is 0.809. The van der Waals surface area contributed by atoms with Gasteiger partial charge in [0.25, 0.3) is 0 Å². The zero-order chi connectivity index (χ0) is 17.7. The van der Waals surface area contributed by atoms with Gasteiger partial charge in [-0.3, -0.25) is 0 Å². The molecule has 25 heavy (non-hydrogen) atoms. The van der Waals surface area contributed by atoms with Crippen LogP contribution in [-0.4, -0.2) is 37.8 Å². The summed E-state index contributed by atoms with van der Waals surface area (Å²) in [5, 5.41) is 6.79. The maximum Gasteiger partial charge on any atom is 0.185 e. The van der Waals surface area contributed by atoms with Gasteiger partial charge in [-0.05, 0) is 38.3 Å². The van der Waals surface area contributed by atoms with Gasteiger partial charge in [0.15, 0.2) is 5.13 Å². The van der Waals surface area contributed by atoms with Gasteiger partial charge in [-0.15, -0.1) is 11.3 Å². The number of hydrogen-bond acceptors (Lipinski definition) is 5. The first-order chi connectivity index (χ1) is 12.3. The number of thiazole rings is 1. The molecule has 1 fully saturated rings. The largest absolute Gasteiger partial charge is 0.385 e. The molecule has 2 heterocycles. The molecule has 1 aromatic heterocycles. The van der Waals surface area contributed by atoms with Crippen LogP contribution in [0.3, 0.4) is 0 Å². The van der Waals surface area contributed by atoms with Crippen LogP contribution in [0.5, 0.6) is 0 Å². The van der Waals surface area contributed by atoms with Crippen LogP contribution in [0.25, 0.3) is 0 Å². The Morgan fingerprint density at radius 3 is 2.96 bits per heavy atom. The van der Waals surface area contributed by atoms with Crippen LogP contribution in [0, 0.1) is 0 Å². The molecule has 0 aliphatic carbocycles. The molecule has 136 valence electrons. The van der Waals surface area contributed by atoms with Gasteiger partial charge < -0.3 is 15.0 Å². The van der Waals surface area contributed by atoms with Crippen molar-refractivity contribution in [3.05, 3.63) is 59.8 Å². The molecule has 1 N–H and O–H groups in total. The van der Waals surface area contributed by atoms with Crippen LogP contribution in [0.1, 0.15) is 25.5 Å². The lowest BCUT2D eigenvalue weighted by Gasteiger charge is -2.26. The SMILES string of the molecule is C=C\C=C(/C=C\C=C/C)NCCCCc1csc(N2CCOCC2)n1.